The van der Waals surface area contributed by atoms with Gasteiger partial charge in [-0.3, -0.25) is 4.79 Å². The molecule has 0 N–H and O–H groups in total. The highest BCUT2D eigenvalue weighted by atomic mass is 35.5. The Bertz CT molecular complexity index is 800. The van der Waals surface area contributed by atoms with Crippen LogP contribution >= 0.6 is 11.6 Å². The molecular formula is C19H18ClNO4. The van der Waals surface area contributed by atoms with Crippen LogP contribution in [0.15, 0.2) is 42.5 Å². The quantitative estimate of drug-likeness (QED) is 0.840. The number of carbonyl (C=O) groups is 1. The van der Waals surface area contributed by atoms with Crippen LogP contribution in [-0.4, -0.2) is 32.3 Å². The fraction of sp³-hybridized carbons (Fsp3) is 0.316. The molecule has 1 amide bonds. The van der Waals surface area contributed by atoms with E-state index in [-0.39, 0.29) is 5.91 Å². The summed E-state index contributed by atoms with van der Waals surface area (Å²) < 4.78 is 17.2. The van der Waals surface area contributed by atoms with Crippen LogP contribution in [0.2, 0.25) is 5.02 Å². The summed E-state index contributed by atoms with van der Waals surface area (Å²) in [6.45, 7) is 3.57. The number of carbonyl (C=O) groups excluding carboxylic acids is 1. The molecule has 2 heterocycles. The Balaban J connectivity index is 1.54. The second kappa shape index (κ2) is 6.33. The number of fused-ring (bicyclic) bond motifs is 2. The molecule has 0 bridgehead atoms. The lowest BCUT2D eigenvalue weighted by molar-refractivity contribution is -0.180. The van der Waals surface area contributed by atoms with Crippen LogP contribution in [0.4, 0.5) is 5.69 Å². The Morgan fingerprint density at radius 3 is 2.60 bits per heavy atom. The highest BCUT2D eigenvalue weighted by Crippen LogP contribution is 2.45. The molecule has 0 unspecified atom stereocenters. The van der Waals surface area contributed by atoms with Gasteiger partial charge in [0.1, 0.15) is 12.4 Å². The predicted octanol–water partition coefficient (Wildman–Crippen LogP) is 3.27. The maximum Gasteiger partial charge on any atom is 0.292 e. The van der Waals surface area contributed by atoms with E-state index in [4.69, 9.17) is 25.8 Å². The number of ether oxygens (including phenoxy) is 3. The van der Waals surface area contributed by atoms with Crippen LogP contribution in [0, 0.1) is 6.92 Å². The lowest BCUT2D eigenvalue weighted by Gasteiger charge is -2.22. The van der Waals surface area contributed by atoms with Crippen LogP contribution in [0.25, 0.3) is 0 Å². The maximum atomic E-state index is 13.0. The van der Waals surface area contributed by atoms with Crippen LogP contribution in [0.5, 0.6) is 5.75 Å². The molecule has 2 aliphatic heterocycles. The van der Waals surface area contributed by atoms with E-state index in [1.165, 1.54) is 0 Å². The summed E-state index contributed by atoms with van der Waals surface area (Å²) in [4.78, 5) is 14.7. The van der Waals surface area contributed by atoms with E-state index in [1.807, 2.05) is 25.1 Å². The van der Waals surface area contributed by atoms with Crippen molar-refractivity contribution >= 4 is 23.2 Å². The number of rotatable bonds is 4. The van der Waals surface area contributed by atoms with Gasteiger partial charge in [0.15, 0.2) is 0 Å². The van der Waals surface area contributed by atoms with Gasteiger partial charge in [0.05, 0.1) is 25.4 Å². The third-order valence-corrected chi connectivity index (χ3v) is 4.67. The minimum Gasteiger partial charge on any atom is -0.492 e. The van der Waals surface area contributed by atoms with Gasteiger partial charge in [-0.15, -0.1) is 0 Å². The summed E-state index contributed by atoms with van der Waals surface area (Å²) in [6, 6.07) is 13.0. The van der Waals surface area contributed by atoms with Gasteiger partial charge in [0.2, 0.25) is 0 Å². The van der Waals surface area contributed by atoms with Crippen molar-refractivity contribution in [1.29, 1.82) is 0 Å². The lowest BCUT2D eigenvalue weighted by Crippen LogP contribution is -2.42. The molecule has 1 saturated heterocycles. The normalized spacial score (nSPS) is 18.0. The molecule has 0 aromatic heterocycles. The third kappa shape index (κ3) is 2.78. The largest absolute Gasteiger partial charge is 0.492 e. The molecule has 6 heteroatoms. The first-order valence-corrected chi connectivity index (χ1v) is 8.57. The standard InChI is InChI=1S/C19H18ClNO4/c1-13-2-7-17-16(12-13)19(24-10-11-25-19)18(22)21(17)8-9-23-15-5-3-14(20)4-6-15/h2-7,12H,8-11H2,1H3. The van der Waals surface area contributed by atoms with Crippen LogP contribution < -0.4 is 9.64 Å². The predicted molar refractivity (Wildman–Crippen MR) is 94.1 cm³/mol. The monoisotopic (exact) mass is 359 g/mol. The minimum atomic E-state index is -1.29. The Kier molecular flexibility index (Phi) is 4.15. The van der Waals surface area contributed by atoms with Gasteiger partial charge in [-0.2, -0.15) is 0 Å². The first-order chi connectivity index (χ1) is 12.1. The fourth-order valence-corrected chi connectivity index (χ4v) is 3.38. The number of nitrogens with zero attached hydrogens (tertiary/aromatic N) is 1. The van der Waals surface area contributed by atoms with Gasteiger partial charge in [0, 0.05) is 10.6 Å². The first kappa shape index (κ1) is 16.4. The van der Waals surface area contributed by atoms with Gasteiger partial charge in [-0.05, 0) is 43.3 Å². The average molecular weight is 360 g/mol. The third-order valence-electron chi connectivity index (χ3n) is 4.42. The van der Waals surface area contributed by atoms with Gasteiger partial charge in [0.25, 0.3) is 11.7 Å². The molecule has 130 valence electrons. The number of benzene rings is 2. The maximum absolute atomic E-state index is 13.0. The summed E-state index contributed by atoms with van der Waals surface area (Å²) in [6.07, 6.45) is 0. The van der Waals surface area contributed by atoms with Crippen molar-refractivity contribution < 1.29 is 19.0 Å². The van der Waals surface area contributed by atoms with Crippen molar-refractivity contribution in [2.45, 2.75) is 12.7 Å². The average Bonchev–Trinajstić information content (AvgIpc) is 3.18. The van der Waals surface area contributed by atoms with Crippen LogP contribution in [0.1, 0.15) is 11.1 Å². The van der Waals surface area contributed by atoms with Crippen molar-refractivity contribution in [1.82, 2.24) is 0 Å². The molecule has 0 saturated carbocycles. The van der Waals surface area contributed by atoms with Gasteiger partial charge in [-0.25, -0.2) is 0 Å². The van der Waals surface area contributed by atoms with E-state index in [0.29, 0.717) is 37.1 Å². The van der Waals surface area contributed by atoms with Crippen molar-refractivity contribution in [2.75, 3.05) is 31.3 Å². The Labute approximate surface area is 151 Å². The van der Waals surface area contributed by atoms with Crippen molar-refractivity contribution in [3.05, 3.63) is 58.6 Å². The summed E-state index contributed by atoms with van der Waals surface area (Å²) in [7, 11) is 0. The Hall–Kier alpha value is -2.08. The summed E-state index contributed by atoms with van der Waals surface area (Å²) in [5, 5.41) is 0.656. The molecule has 25 heavy (non-hydrogen) atoms. The number of hydrogen-bond donors (Lipinski definition) is 0. The zero-order valence-corrected chi connectivity index (χ0v) is 14.6. The molecule has 1 fully saturated rings. The molecule has 0 aliphatic carbocycles. The zero-order chi connectivity index (χ0) is 17.4. The molecular weight excluding hydrogens is 342 g/mol. The highest BCUT2D eigenvalue weighted by Gasteiger charge is 2.55. The van der Waals surface area contributed by atoms with Crippen LogP contribution in [-0.2, 0) is 20.1 Å². The summed E-state index contributed by atoms with van der Waals surface area (Å²) >= 11 is 5.87. The topological polar surface area (TPSA) is 48.0 Å². The minimum absolute atomic E-state index is 0.190. The van der Waals surface area contributed by atoms with Gasteiger partial charge >= 0.3 is 0 Å². The first-order valence-electron chi connectivity index (χ1n) is 8.19. The summed E-state index contributed by atoms with van der Waals surface area (Å²) in [5.41, 5.74) is 2.66. The van der Waals surface area contributed by atoms with E-state index < -0.39 is 5.79 Å². The van der Waals surface area contributed by atoms with Crippen LogP contribution in [0.3, 0.4) is 0 Å². The second-order valence-electron chi connectivity index (χ2n) is 6.09. The molecule has 5 nitrogen and oxygen atoms in total. The number of anilines is 1. The number of aryl methyl sites for hydroxylation is 1. The molecule has 2 aromatic carbocycles. The zero-order valence-electron chi connectivity index (χ0n) is 13.8. The smallest absolute Gasteiger partial charge is 0.292 e. The molecule has 0 radical (unpaired) electrons. The summed E-state index contributed by atoms with van der Waals surface area (Å²) in [5.74, 6) is -0.768. The molecule has 1 spiro atoms. The number of halogens is 1. The highest BCUT2D eigenvalue weighted by molar-refractivity contribution is 6.30. The van der Waals surface area contributed by atoms with E-state index >= 15 is 0 Å². The van der Waals surface area contributed by atoms with Gasteiger partial charge < -0.3 is 19.1 Å². The molecule has 2 aliphatic rings. The number of hydrogen-bond acceptors (Lipinski definition) is 4. The van der Waals surface area contributed by atoms with E-state index in [0.717, 1.165) is 16.8 Å². The molecule has 0 atom stereocenters. The second-order valence-corrected chi connectivity index (χ2v) is 6.53. The SMILES string of the molecule is Cc1ccc2c(c1)C1(OCCO1)C(=O)N2CCOc1ccc(Cl)cc1. The van der Waals surface area contributed by atoms with Gasteiger partial charge in [-0.1, -0.05) is 23.2 Å². The molecule has 2 aromatic rings. The van der Waals surface area contributed by atoms with E-state index in [1.54, 1.807) is 29.2 Å². The number of amides is 1. The van der Waals surface area contributed by atoms with E-state index in [9.17, 15) is 4.79 Å². The molecule has 4 rings (SSSR count). The van der Waals surface area contributed by atoms with Crippen molar-refractivity contribution in [3.8, 4) is 5.75 Å². The lowest BCUT2D eigenvalue weighted by atomic mass is 10.0. The Morgan fingerprint density at radius 1 is 1.16 bits per heavy atom. The van der Waals surface area contributed by atoms with Crippen molar-refractivity contribution in [3.63, 3.8) is 0 Å². The van der Waals surface area contributed by atoms with E-state index in [2.05, 4.69) is 0 Å². The Morgan fingerprint density at radius 2 is 1.88 bits per heavy atom. The fourth-order valence-electron chi connectivity index (χ4n) is 3.25. The van der Waals surface area contributed by atoms with Crippen molar-refractivity contribution in [2.24, 2.45) is 0 Å².